The fourth-order valence-corrected chi connectivity index (χ4v) is 2.65. The molecule has 0 saturated heterocycles. The van der Waals surface area contributed by atoms with E-state index in [2.05, 4.69) is 40.7 Å². The highest BCUT2D eigenvalue weighted by Crippen LogP contribution is 2.10. The molecule has 12 nitrogen and oxygen atoms in total. The quantitative estimate of drug-likeness (QED) is 0.0565. The molecule has 21 heteroatoms. The van der Waals surface area contributed by atoms with Crippen molar-refractivity contribution in [2.45, 2.75) is 52.5 Å². The molecule has 0 atom stereocenters. The number of amidine groups is 2. The standard InChI is InChI=1S/C11H11ClF2N4.C6H5Cl2N.C5H7F2N3.C4H6N2O.C2H5F2N/c1-8(17-7-15)18(6-11(13)14)5-9-2-3-10(12)16-4-9;7-3-5-1-2-6(8)9-4-5;1-4(10-3-8)9-2-5(6)7;1-4(7-2)6-3-5;3-2(4)1-5/h2-4,11H,5-6H2,1H3;1-2,4H,3H2;5H,2H2,1H3,(H,9,10);1-2H3;2H,1,5H2. The lowest BCUT2D eigenvalue weighted by Crippen LogP contribution is -2.32. The Labute approximate surface area is 295 Å². The van der Waals surface area contributed by atoms with Crippen LogP contribution in [0.1, 0.15) is 31.9 Å². The van der Waals surface area contributed by atoms with Crippen molar-refractivity contribution < 1.29 is 31.1 Å². The monoisotopic (exact) mass is 759 g/mol. The Bertz CT molecular complexity index is 1360. The van der Waals surface area contributed by atoms with Gasteiger partial charge < -0.3 is 15.4 Å². The topological polar surface area (TPSA) is 185 Å². The predicted octanol–water partition coefficient (Wildman–Crippen LogP) is 6.66. The number of nitriles is 3. The third-order valence-electron chi connectivity index (χ3n) is 4.52. The van der Waals surface area contributed by atoms with Gasteiger partial charge in [0.25, 0.3) is 19.3 Å². The molecule has 2 aromatic rings. The molecular formula is C28H34Cl3F6N11O. The molecule has 2 aromatic heterocycles. The number of alkyl halides is 7. The molecule has 0 aromatic carbocycles. The first-order valence-corrected chi connectivity index (χ1v) is 14.5. The largest absolute Gasteiger partial charge is 0.484 e. The lowest BCUT2D eigenvalue weighted by atomic mass is 10.2. The van der Waals surface area contributed by atoms with Gasteiger partial charge in [0.05, 0.1) is 20.2 Å². The summed E-state index contributed by atoms with van der Waals surface area (Å²) in [6, 6.07) is 6.84. The summed E-state index contributed by atoms with van der Waals surface area (Å²) in [7, 11) is 1.47. The summed E-state index contributed by atoms with van der Waals surface area (Å²) >= 11 is 16.6. The van der Waals surface area contributed by atoms with Gasteiger partial charge in [-0.3, -0.25) is 10.3 Å². The molecule has 0 spiro atoms. The molecule has 0 bridgehead atoms. The number of hydrogen-bond acceptors (Lipinski definition) is 10. The Kier molecular flexibility index (Phi) is 32.1. The fourth-order valence-electron chi connectivity index (χ4n) is 2.27. The number of rotatable bonds is 8. The Hall–Kier alpha value is -4.41. The van der Waals surface area contributed by atoms with E-state index in [0.29, 0.717) is 27.6 Å². The van der Waals surface area contributed by atoms with Crippen LogP contribution < -0.4 is 11.1 Å². The first kappa shape index (κ1) is 49.0. The van der Waals surface area contributed by atoms with Gasteiger partial charge in [0, 0.05) is 31.7 Å². The average molecular weight is 761 g/mol. The van der Waals surface area contributed by atoms with Crippen LogP contribution in [0.15, 0.2) is 51.6 Å². The average Bonchev–Trinajstić information content (AvgIpc) is 3.06. The molecule has 0 radical (unpaired) electrons. The van der Waals surface area contributed by atoms with Gasteiger partial charge in [-0.15, -0.1) is 16.6 Å². The molecule has 0 fully saturated rings. The number of aromatic nitrogens is 2. The van der Waals surface area contributed by atoms with Crippen molar-refractivity contribution in [2.24, 2.45) is 20.7 Å². The van der Waals surface area contributed by atoms with Crippen LogP contribution >= 0.6 is 34.8 Å². The minimum Gasteiger partial charge on any atom is -0.484 e. The Morgan fingerprint density at radius 3 is 1.73 bits per heavy atom. The summed E-state index contributed by atoms with van der Waals surface area (Å²) in [6.07, 6.45) is 0.598. The molecule has 0 unspecified atom stereocenters. The fraction of sp³-hybridized carbons (Fsp3) is 0.429. The maximum atomic E-state index is 12.4. The summed E-state index contributed by atoms with van der Waals surface area (Å²) in [5.74, 6) is 1.34. The third kappa shape index (κ3) is 33.3. The highest BCUT2D eigenvalue weighted by atomic mass is 35.5. The Morgan fingerprint density at radius 2 is 1.41 bits per heavy atom. The van der Waals surface area contributed by atoms with E-state index in [1.165, 1.54) is 32.1 Å². The highest BCUT2D eigenvalue weighted by Gasteiger charge is 2.14. The van der Waals surface area contributed by atoms with Crippen molar-refractivity contribution in [3.05, 3.63) is 58.1 Å². The second-order valence-corrected chi connectivity index (χ2v) is 9.30. The summed E-state index contributed by atoms with van der Waals surface area (Å²) in [5, 5.41) is 27.2. The zero-order valence-electron chi connectivity index (χ0n) is 26.6. The number of nitrogens with zero attached hydrogens (tertiary/aromatic N) is 9. The van der Waals surface area contributed by atoms with Crippen molar-refractivity contribution in [1.82, 2.24) is 20.2 Å². The van der Waals surface area contributed by atoms with Crippen LogP contribution in [0.2, 0.25) is 10.3 Å². The van der Waals surface area contributed by atoms with E-state index in [1.807, 2.05) is 6.07 Å². The number of halogens is 9. The van der Waals surface area contributed by atoms with Gasteiger partial charge in [-0.25, -0.2) is 36.3 Å². The highest BCUT2D eigenvalue weighted by molar-refractivity contribution is 6.29. The van der Waals surface area contributed by atoms with Crippen molar-refractivity contribution >= 4 is 52.4 Å². The molecule has 0 aliphatic heterocycles. The summed E-state index contributed by atoms with van der Waals surface area (Å²) in [6.45, 7) is 3.20. The molecule has 2 rings (SSSR count). The lowest BCUT2D eigenvalue weighted by Gasteiger charge is -2.22. The number of nitrogens with two attached hydrogens (primary N) is 1. The second-order valence-electron chi connectivity index (χ2n) is 8.26. The first-order chi connectivity index (χ1) is 23.1. The normalized spacial score (nSPS) is 10.7. The van der Waals surface area contributed by atoms with Crippen molar-refractivity contribution in [3.8, 4) is 18.6 Å². The Balaban J connectivity index is -0.000000584. The second kappa shape index (κ2) is 32.2. The summed E-state index contributed by atoms with van der Waals surface area (Å²) < 4.78 is 73.5. The molecule has 0 amide bonds. The van der Waals surface area contributed by atoms with E-state index < -0.39 is 38.9 Å². The summed E-state index contributed by atoms with van der Waals surface area (Å²) in [5.41, 5.74) is 6.12. The van der Waals surface area contributed by atoms with Crippen LogP contribution in [0.4, 0.5) is 26.3 Å². The van der Waals surface area contributed by atoms with E-state index >= 15 is 0 Å². The molecule has 49 heavy (non-hydrogen) atoms. The van der Waals surface area contributed by atoms with Gasteiger partial charge in [0.2, 0.25) is 12.4 Å². The number of methoxy groups -OCH3 is 1. The van der Waals surface area contributed by atoms with E-state index in [4.69, 9.17) is 50.6 Å². The molecule has 0 saturated carbocycles. The van der Waals surface area contributed by atoms with E-state index in [0.717, 1.165) is 5.56 Å². The van der Waals surface area contributed by atoms with Crippen LogP contribution in [0.5, 0.6) is 0 Å². The van der Waals surface area contributed by atoms with Gasteiger partial charge in [0.15, 0.2) is 12.1 Å². The zero-order valence-corrected chi connectivity index (χ0v) is 28.9. The third-order valence-corrected chi connectivity index (χ3v) is 5.27. The van der Waals surface area contributed by atoms with Crippen molar-refractivity contribution in [3.63, 3.8) is 0 Å². The number of aliphatic imine (C=N–C) groups is 3. The maximum absolute atomic E-state index is 12.4. The van der Waals surface area contributed by atoms with Crippen molar-refractivity contribution in [2.75, 3.05) is 26.7 Å². The number of hydrogen-bond donors (Lipinski definition) is 2. The van der Waals surface area contributed by atoms with E-state index in [-0.39, 0.29) is 18.2 Å². The number of ether oxygens (including phenoxy) is 1. The van der Waals surface area contributed by atoms with E-state index in [1.54, 1.807) is 49.9 Å². The van der Waals surface area contributed by atoms with Crippen LogP contribution in [-0.2, 0) is 17.2 Å². The van der Waals surface area contributed by atoms with Gasteiger partial charge >= 0.3 is 0 Å². The maximum Gasteiger partial charge on any atom is 0.257 e. The molecule has 0 aliphatic carbocycles. The Morgan fingerprint density at radius 1 is 0.898 bits per heavy atom. The van der Waals surface area contributed by atoms with Crippen molar-refractivity contribution in [1.29, 1.82) is 15.8 Å². The first-order valence-electron chi connectivity index (χ1n) is 13.2. The van der Waals surface area contributed by atoms with Crippen LogP contribution in [0.25, 0.3) is 0 Å². The van der Waals surface area contributed by atoms with Gasteiger partial charge in [-0.2, -0.15) is 20.8 Å². The zero-order chi connectivity index (χ0) is 38.2. The number of pyridine rings is 2. The molecular weight excluding hydrogens is 727 g/mol. The van der Waals surface area contributed by atoms with Gasteiger partial charge in [-0.1, -0.05) is 35.3 Å². The molecule has 270 valence electrons. The van der Waals surface area contributed by atoms with Gasteiger partial charge in [0.1, 0.15) is 28.5 Å². The SMILES string of the molecule is CC(=NC#N)N(Cc1ccc(Cl)nc1)CC(F)F.CC(=NCC(F)F)NC#N.COC(C)=NC#N.ClCc1ccc(Cl)nc1.NCC(F)F. The van der Waals surface area contributed by atoms with Crippen LogP contribution in [0, 0.1) is 34.4 Å². The minimum absolute atomic E-state index is 0.200. The number of nitrogens with one attached hydrogen (secondary N) is 1. The predicted molar refractivity (Wildman–Crippen MR) is 177 cm³/mol. The van der Waals surface area contributed by atoms with Crippen LogP contribution in [0.3, 0.4) is 0 Å². The van der Waals surface area contributed by atoms with E-state index in [9.17, 15) is 26.3 Å². The van der Waals surface area contributed by atoms with Crippen LogP contribution in [-0.4, -0.2) is 78.5 Å². The molecule has 2 heterocycles. The van der Waals surface area contributed by atoms with Gasteiger partial charge in [-0.05, 0) is 37.1 Å². The minimum atomic E-state index is -2.51. The smallest absolute Gasteiger partial charge is 0.257 e. The molecule has 0 aliphatic rings. The summed E-state index contributed by atoms with van der Waals surface area (Å²) in [4.78, 5) is 19.1. The lowest BCUT2D eigenvalue weighted by molar-refractivity contribution is 0.113. The molecule has 3 N–H and O–H groups in total.